The van der Waals surface area contributed by atoms with Gasteiger partial charge in [0.25, 0.3) is 0 Å². The largest absolute Gasteiger partial charge is 0.350 e. The van der Waals surface area contributed by atoms with E-state index in [0.29, 0.717) is 16.5 Å². The van der Waals surface area contributed by atoms with Gasteiger partial charge in [0.15, 0.2) is 0 Å². The maximum Gasteiger partial charge on any atom is 0.243 e. The maximum absolute atomic E-state index is 13.4. The van der Waals surface area contributed by atoms with Gasteiger partial charge in [0.1, 0.15) is 6.04 Å². The molecule has 30 heavy (non-hydrogen) atoms. The van der Waals surface area contributed by atoms with E-state index in [4.69, 9.17) is 23.2 Å². The van der Waals surface area contributed by atoms with Crippen molar-refractivity contribution in [2.75, 3.05) is 0 Å². The van der Waals surface area contributed by atoms with E-state index in [9.17, 15) is 9.59 Å². The summed E-state index contributed by atoms with van der Waals surface area (Å²) in [5.74, 6) is -0.292. The van der Waals surface area contributed by atoms with Gasteiger partial charge in [-0.2, -0.15) is 0 Å². The van der Waals surface area contributed by atoms with Crippen LogP contribution in [0.15, 0.2) is 42.5 Å². The first-order valence-corrected chi connectivity index (χ1v) is 10.9. The van der Waals surface area contributed by atoms with Crippen molar-refractivity contribution >= 4 is 35.0 Å². The topological polar surface area (TPSA) is 49.4 Å². The molecule has 0 bridgehead atoms. The number of benzene rings is 2. The van der Waals surface area contributed by atoms with E-state index >= 15 is 0 Å². The molecular formula is C24H30Cl2N2O2. The van der Waals surface area contributed by atoms with Crippen LogP contribution in [0.4, 0.5) is 0 Å². The Kier molecular flexibility index (Phi) is 8.34. The van der Waals surface area contributed by atoms with E-state index < -0.39 is 11.6 Å². The van der Waals surface area contributed by atoms with Gasteiger partial charge in [-0.05, 0) is 62.9 Å². The molecule has 0 saturated carbocycles. The lowest BCUT2D eigenvalue weighted by Gasteiger charge is -2.33. The third-order valence-corrected chi connectivity index (χ3v) is 5.43. The lowest BCUT2D eigenvalue weighted by atomic mass is 10.0. The van der Waals surface area contributed by atoms with Crippen LogP contribution in [0.5, 0.6) is 0 Å². The first-order valence-electron chi connectivity index (χ1n) is 10.1. The number of nitrogens with zero attached hydrogens (tertiary/aromatic N) is 1. The summed E-state index contributed by atoms with van der Waals surface area (Å²) in [6.07, 6.45) is 0.712. The highest BCUT2D eigenvalue weighted by molar-refractivity contribution is 6.35. The van der Waals surface area contributed by atoms with Gasteiger partial charge in [-0.25, -0.2) is 0 Å². The third-order valence-electron chi connectivity index (χ3n) is 4.84. The molecule has 0 aliphatic carbocycles. The molecule has 0 aliphatic rings. The molecule has 162 valence electrons. The Bertz CT molecular complexity index is 906. The molecule has 4 nitrogen and oxygen atoms in total. The fourth-order valence-electron chi connectivity index (χ4n) is 3.28. The van der Waals surface area contributed by atoms with Gasteiger partial charge in [0.05, 0.1) is 6.42 Å². The van der Waals surface area contributed by atoms with Crippen molar-refractivity contribution in [1.82, 2.24) is 10.2 Å². The number of hydrogen-bond donors (Lipinski definition) is 1. The average molecular weight is 449 g/mol. The van der Waals surface area contributed by atoms with Crippen LogP contribution in [0.3, 0.4) is 0 Å². The molecule has 2 amide bonds. The number of amides is 2. The number of aryl methyl sites for hydroxylation is 1. The van der Waals surface area contributed by atoms with Gasteiger partial charge >= 0.3 is 0 Å². The minimum Gasteiger partial charge on any atom is -0.350 e. The monoisotopic (exact) mass is 448 g/mol. The van der Waals surface area contributed by atoms with Crippen LogP contribution >= 0.6 is 23.2 Å². The number of halogens is 2. The SMILES string of the molecule is CCC(C(=O)NC(C)(C)C)N(Cc1ccc(Cl)cc1Cl)C(=O)Cc1ccccc1C. The molecule has 2 aromatic rings. The number of rotatable bonds is 7. The highest BCUT2D eigenvalue weighted by Crippen LogP contribution is 2.24. The molecule has 0 radical (unpaired) electrons. The lowest BCUT2D eigenvalue weighted by Crippen LogP contribution is -2.53. The van der Waals surface area contributed by atoms with Gasteiger partial charge in [-0.15, -0.1) is 0 Å². The minimum atomic E-state index is -0.604. The molecule has 1 atom stereocenters. The highest BCUT2D eigenvalue weighted by Gasteiger charge is 2.31. The summed E-state index contributed by atoms with van der Waals surface area (Å²) in [5, 5.41) is 4.00. The zero-order chi connectivity index (χ0) is 22.5. The molecule has 0 fully saturated rings. The summed E-state index contributed by atoms with van der Waals surface area (Å²) in [4.78, 5) is 28.0. The van der Waals surface area contributed by atoms with Crippen LogP contribution in [-0.2, 0) is 22.6 Å². The Morgan fingerprint density at radius 3 is 2.30 bits per heavy atom. The van der Waals surface area contributed by atoms with Crippen molar-refractivity contribution in [3.8, 4) is 0 Å². The normalized spacial score (nSPS) is 12.4. The van der Waals surface area contributed by atoms with Crippen LogP contribution in [0.2, 0.25) is 10.0 Å². The fourth-order valence-corrected chi connectivity index (χ4v) is 3.75. The third kappa shape index (κ3) is 6.75. The van der Waals surface area contributed by atoms with Gasteiger partial charge in [0.2, 0.25) is 11.8 Å². The fraction of sp³-hybridized carbons (Fsp3) is 0.417. The smallest absolute Gasteiger partial charge is 0.243 e. The molecule has 0 saturated heterocycles. The van der Waals surface area contributed by atoms with Crippen molar-refractivity contribution in [1.29, 1.82) is 0 Å². The van der Waals surface area contributed by atoms with E-state index in [-0.39, 0.29) is 24.8 Å². The summed E-state index contributed by atoms with van der Waals surface area (Å²) in [6.45, 7) is 9.89. The molecule has 0 aromatic heterocycles. The van der Waals surface area contributed by atoms with Crippen LogP contribution in [0.1, 0.15) is 50.8 Å². The lowest BCUT2D eigenvalue weighted by molar-refractivity contribution is -0.141. The molecular weight excluding hydrogens is 419 g/mol. The Hall–Kier alpha value is -2.04. The average Bonchev–Trinajstić information content (AvgIpc) is 2.63. The maximum atomic E-state index is 13.4. The van der Waals surface area contributed by atoms with Crippen LogP contribution in [0, 0.1) is 6.92 Å². The molecule has 1 unspecified atom stereocenters. The second kappa shape index (κ2) is 10.3. The predicted octanol–water partition coefficient (Wildman–Crippen LogP) is 5.57. The zero-order valence-corrected chi connectivity index (χ0v) is 19.8. The van der Waals surface area contributed by atoms with Crippen molar-refractivity contribution < 1.29 is 9.59 Å². The molecule has 2 rings (SSSR count). The van der Waals surface area contributed by atoms with Crippen molar-refractivity contribution in [2.45, 2.75) is 65.6 Å². The van der Waals surface area contributed by atoms with E-state index in [2.05, 4.69) is 5.32 Å². The zero-order valence-electron chi connectivity index (χ0n) is 18.3. The summed E-state index contributed by atoms with van der Waals surface area (Å²) >= 11 is 12.4. The van der Waals surface area contributed by atoms with Gasteiger partial charge < -0.3 is 10.2 Å². The molecule has 0 aliphatic heterocycles. The number of carbonyl (C=O) groups is 2. The summed E-state index contributed by atoms with van der Waals surface area (Å²) in [7, 11) is 0. The van der Waals surface area contributed by atoms with Crippen molar-refractivity contribution in [3.63, 3.8) is 0 Å². The Morgan fingerprint density at radius 2 is 1.73 bits per heavy atom. The van der Waals surface area contributed by atoms with Crippen LogP contribution in [0.25, 0.3) is 0 Å². The Morgan fingerprint density at radius 1 is 1.07 bits per heavy atom. The second-order valence-corrected chi connectivity index (χ2v) is 9.37. The van der Waals surface area contributed by atoms with Gasteiger partial charge in [0, 0.05) is 22.1 Å². The molecule has 0 spiro atoms. The Labute approximate surface area is 189 Å². The minimum absolute atomic E-state index is 0.119. The summed E-state index contributed by atoms with van der Waals surface area (Å²) in [5.41, 5.74) is 2.34. The number of nitrogens with one attached hydrogen (secondary N) is 1. The van der Waals surface area contributed by atoms with Crippen LogP contribution in [-0.4, -0.2) is 28.3 Å². The molecule has 2 aromatic carbocycles. The number of hydrogen-bond acceptors (Lipinski definition) is 2. The summed E-state index contributed by atoms with van der Waals surface area (Å²) in [6, 6.07) is 12.4. The second-order valence-electron chi connectivity index (χ2n) is 8.52. The van der Waals surface area contributed by atoms with Gasteiger partial charge in [-0.1, -0.05) is 60.5 Å². The highest BCUT2D eigenvalue weighted by atomic mass is 35.5. The predicted molar refractivity (Wildman–Crippen MR) is 124 cm³/mol. The molecule has 1 N–H and O–H groups in total. The standard InChI is InChI=1S/C24H30Cl2N2O2/c1-6-21(23(30)27-24(3,4)5)28(15-18-11-12-19(25)14-20(18)26)22(29)13-17-10-8-7-9-16(17)2/h7-12,14,21H,6,13,15H2,1-5H3,(H,27,30). The van der Waals surface area contributed by atoms with Crippen molar-refractivity contribution in [3.05, 3.63) is 69.2 Å². The van der Waals surface area contributed by atoms with E-state index in [1.54, 1.807) is 23.1 Å². The van der Waals surface area contributed by atoms with Crippen LogP contribution < -0.4 is 5.32 Å². The first kappa shape index (κ1) is 24.2. The Balaban J connectivity index is 2.38. The number of carbonyl (C=O) groups excluding carboxylic acids is 2. The van der Waals surface area contributed by atoms with Gasteiger partial charge in [-0.3, -0.25) is 9.59 Å². The van der Waals surface area contributed by atoms with Crippen molar-refractivity contribution in [2.24, 2.45) is 0 Å². The first-order chi connectivity index (χ1) is 14.0. The quantitative estimate of drug-likeness (QED) is 0.601. The van der Waals surface area contributed by atoms with E-state index in [1.807, 2.05) is 58.9 Å². The van der Waals surface area contributed by atoms with E-state index in [0.717, 1.165) is 16.7 Å². The van der Waals surface area contributed by atoms with E-state index in [1.165, 1.54) is 0 Å². The molecule has 0 heterocycles. The summed E-state index contributed by atoms with van der Waals surface area (Å²) < 4.78 is 0. The molecule has 6 heteroatoms.